The van der Waals surface area contributed by atoms with E-state index in [0.29, 0.717) is 6.54 Å². The maximum Gasteiger partial charge on any atom is 0.404 e. The molecule has 0 saturated carbocycles. The molecule has 0 aromatic carbocycles. The molecule has 0 atom stereocenters. The van der Waals surface area contributed by atoms with Crippen molar-refractivity contribution in [1.82, 2.24) is 5.32 Å². The predicted octanol–water partition coefficient (Wildman–Crippen LogP) is 6.62. The molecule has 0 radical (unpaired) electrons. The van der Waals surface area contributed by atoms with E-state index in [-0.39, 0.29) is 0 Å². The second kappa shape index (κ2) is 19.5. The highest BCUT2D eigenvalue weighted by Gasteiger charge is 1.94. The van der Waals surface area contributed by atoms with Gasteiger partial charge < -0.3 is 10.4 Å². The van der Waals surface area contributed by atoms with Crippen LogP contribution in [0.3, 0.4) is 0 Å². The van der Waals surface area contributed by atoms with Gasteiger partial charge in [-0.1, -0.05) is 81.9 Å². The van der Waals surface area contributed by atoms with Crippen LogP contribution in [0.25, 0.3) is 0 Å². The van der Waals surface area contributed by atoms with Crippen molar-refractivity contribution in [2.45, 2.75) is 84.0 Å². The Morgan fingerprint density at radius 3 is 1.83 bits per heavy atom. The van der Waals surface area contributed by atoms with Gasteiger partial charge in [-0.2, -0.15) is 0 Å². The van der Waals surface area contributed by atoms with Crippen LogP contribution in [0.5, 0.6) is 0 Å². The minimum Gasteiger partial charge on any atom is -0.465 e. The van der Waals surface area contributed by atoms with Crippen molar-refractivity contribution in [3.63, 3.8) is 0 Å². The Morgan fingerprint density at radius 2 is 1.25 bits per heavy atom. The highest BCUT2D eigenvalue weighted by Crippen LogP contribution is 2.10. The average molecular weight is 336 g/mol. The van der Waals surface area contributed by atoms with Crippen LogP contribution in [0.4, 0.5) is 4.79 Å². The number of carboxylic acid groups (broad SMARTS) is 1. The van der Waals surface area contributed by atoms with Gasteiger partial charge in [-0.05, 0) is 38.5 Å². The molecule has 0 spiro atoms. The second-order valence-electron chi connectivity index (χ2n) is 6.14. The number of hydrogen-bond donors (Lipinski definition) is 2. The molecule has 0 rings (SSSR count). The minimum absolute atomic E-state index is 0.590. The Morgan fingerprint density at radius 1 is 0.750 bits per heavy atom. The maximum atomic E-state index is 10.3. The van der Waals surface area contributed by atoms with E-state index in [1.165, 1.54) is 44.9 Å². The first-order chi connectivity index (χ1) is 11.8. The van der Waals surface area contributed by atoms with E-state index in [9.17, 15) is 4.79 Å². The van der Waals surface area contributed by atoms with Crippen LogP contribution >= 0.6 is 0 Å². The van der Waals surface area contributed by atoms with Crippen LogP contribution < -0.4 is 5.32 Å². The number of amides is 1. The summed E-state index contributed by atoms with van der Waals surface area (Å²) in [4.78, 5) is 10.3. The zero-order chi connectivity index (χ0) is 17.7. The van der Waals surface area contributed by atoms with Crippen LogP contribution in [-0.2, 0) is 0 Å². The summed E-state index contributed by atoms with van der Waals surface area (Å²) in [5, 5.41) is 10.8. The van der Waals surface area contributed by atoms with Crippen molar-refractivity contribution in [1.29, 1.82) is 0 Å². The molecule has 0 unspecified atom stereocenters. The van der Waals surface area contributed by atoms with Crippen molar-refractivity contribution >= 4 is 6.09 Å². The Kier molecular flexibility index (Phi) is 18.3. The molecule has 0 heterocycles. The monoisotopic (exact) mass is 335 g/mol. The lowest BCUT2D eigenvalue weighted by atomic mass is 10.1. The Bertz CT molecular complexity index is 359. The van der Waals surface area contributed by atoms with Crippen LogP contribution in [0.15, 0.2) is 36.5 Å². The molecule has 0 bridgehead atoms. The van der Waals surface area contributed by atoms with E-state index in [1.807, 2.05) is 0 Å². The molecule has 0 aromatic heterocycles. The molecule has 1 amide bonds. The average Bonchev–Trinajstić information content (AvgIpc) is 2.56. The van der Waals surface area contributed by atoms with Crippen LogP contribution in [0.2, 0.25) is 0 Å². The van der Waals surface area contributed by atoms with Crippen molar-refractivity contribution in [2.24, 2.45) is 0 Å². The molecule has 0 aliphatic carbocycles. The lowest BCUT2D eigenvalue weighted by Crippen LogP contribution is -2.21. The van der Waals surface area contributed by atoms with Gasteiger partial charge in [0.25, 0.3) is 0 Å². The van der Waals surface area contributed by atoms with Gasteiger partial charge in [0.1, 0.15) is 0 Å². The molecule has 2 N–H and O–H groups in total. The first kappa shape index (κ1) is 22.5. The van der Waals surface area contributed by atoms with E-state index < -0.39 is 6.09 Å². The quantitative estimate of drug-likeness (QED) is 0.246. The smallest absolute Gasteiger partial charge is 0.404 e. The van der Waals surface area contributed by atoms with E-state index in [2.05, 4.69) is 48.7 Å². The minimum atomic E-state index is -0.913. The van der Waals surface area contributed by atoms with Gasteiger partial charge >= 0.3 is 6.09 Å². The fraction of sp³-hybridized carbons (Fsp3) is 0.667. The van der Waals surface area contributed by atoms with Gasteiger partial charge in [-0.25, -0.2) is 4.79 Å². The van der Waals surface area contributed by atoms with Gasteiger partial charge in [0.05, 0.1) is 0 Å². The van der Waals surface area contributed by atoms with E-state index >= 15 is 0 Å². The first-order valence-electron chi connectivity index (χ1n) is 9.69. The van der Waals surface area contributed by atoms with E-state index in [0.717, 1.165) is 32.1 Å². The summed E-state index contributed by atoms with van der Waals surface area (Å²) in [5.41, 5.74) is 0. The predicted molar refractivity (Wildman–Crippen MR) is 105 cm³/mol. The molecule has 0 aromatic rings. The van der Waals surface area contributed by atoms with Crippen LogP contribution in [0, 0.1) is 0 Å². The second-order valence-corrected chi connectivity index (χ2v) is 6.14. The number of hydrogen-bond acceptors (Lipinski definition) is 1. The molecule has 24 heavy (non-hydrogen) atoms. The first-order valence-corrected chi connectivity index (χ1v) is 9.69. The fourth-order valence-corrected chi connectivity index (χ4v) is 2.47. The summed E-state index contributed by atoms with van der Waals surface area (Å²) in [7, 11) is 0. The lowest BCUT2D eigenvalue weighted by Gasteiger charge is -2.02. The van der Waals surface area contributed by atoms with Gasteiger partial charge in [0.2, 0.25) is 0 Å². The van der Waals surface area contributed by atoms with Gasteiger partial charge in [-0.15, -0.1) is 0 Å². The summed E-state index contributed by atoms with van der Waals surface area (Å²) < 4.78 is 0. The van der Waals surface area contributed by atoms with E-state index in [1.54, 1.807) is 0 Å². The topological polar surface area (TPSA) is 49.3 Å². The summed E-state index contributed by atoms with van der Waals surface area (Å²) >= 11 is 0. The third-order valence-electron chi connectivity index (χ3n) is 3.85. The SMILES string of the molecule is CC/C=C/C/C=C/C/C=C/CCCCCCCCCCNC(=O)O. The van der Waals surface area contributed by atoms with Gasteiger partial charge in [0, 0.05) is 6.54 Å². The number of rotatable bonds is 16. The molecule has 0 saturated heterocycles. The number of nitrogens with one attached hydrogen (secondary N) is 1. The summed E-state index contributed by atoms with van der Waals surface area (Å²) in [6.07, 6.45) is 26.8. The molecular formula is C21H37NO2. The maximum absolute atomic E-state index is 10.3. The molecule has 0 aliphatic rings. The van der Waals surface area contributed by atoms with Crippen LogP contribution in [0.1, 0.15) is 84.0 Å². The third-order valence-corrected chi connectivity index (χ3v) is 3.85. The summed E-state index contributed by atoms with van der Waals surface area (Å²) in [6, 6.07) is 0. The third kappa shape index (κ3) is 20.5. The fourth-order valence-electron chi connectivity index (χ4n) is 2.47. The number of carbonyl (C=O) groups is 1. The van der Waals surface area contributed by atoms with Crippen molar-refractivity contribution < 1.29 is 9.90 Å². The van der Waals surface area contributed by atoms with E-state index in [4.69, 9.17) is 5.11 Å². The van der Waals surface area contributed by atoms with Gasteiger partial charge in [-0.3, -0.25) is 0 Å². The standard InChI is InChI=1S/C21H37NO2/c1-2-3-4-5-6-7-8-9-10-11-12-13-14-15-16-17-18-19-20-22-21(23)24/h3-4,6-7,9-10,22H,2,5,8,11-20H2,1H3,(H,23,24)/b4-3+,7-6+,10-9+. The zero-order valence-electron chi connectivity index (χ0n) is 15.5. The molecular weight excluding hydrogens is 298 g/mol. The van der Waals surface area contributed by atoms with Crippen LogP contribution in [-0.4, -0.2) is 17.7 Å². The molecule has 138 valence electrons. The van der Waals surface area contributed by atoms with Crippen molar-refractivity contribution in [2.75, 3.05) is 6.54 Å². The Balaban J connectivity index is 3.18. The number of unbranched alkanes of at least 4 members (excludes halogenated alkanes) is 8. The molecule has 0 aliphatic heterocycles. The number of allylic oxidation sites excluding steroid dienone is 6. The zero-order valence-corrected chi connectivity index (χ0v) is 15.5. The summed E-state index contributed by atoms with van der Waals surface area (Å²) in [5.74, 6) is 0. The van der Waals surface area contributed by atoms with Crippen molar-refractivity contribution in [3.8, 4) is 0 Å². The highest BCUT2D eigenvalue weighted by atomic mass is 16.4. The molecule has 3 nitrogen and oxygen atoms in total. The summed E-state index contributed by atoms with van der Waals surface area (Å²) in [6.45, 7) is 2.75. The Labute approximate surface area is 148 Å². The van der Waals surface area contributed by atoms with Crippen molar-refractivity contribution in [3.05, 3.63) is 36.5 Å². The Hall–Kier alpha value is -1.51. The lowest BCUT2D eigenvalue weighted by molar-refractivity contribution is 0.194. The van der Waals surface area contributed by atoms with Gasteiger partial charge in [0.15, 0.2) is 0 Å². The highest BCUT2D eigenvalue weighted by molar-refractivity contribution is 5.64. The normalized spacial score (nSPS) is 11.9. The molecule has 0 fully saturated rings. The largest absolute Gasteiger partial charge is 0.465 e. The molecule has 3 heteroatoms.